The molecule has 0 bridgehead atoms. The highest BCUT2D eigenvalue weighted by molar-refractivity contribution is 6.32. The van der Waals surface area contributed by atoms with Crippen LogP contribution < -0.4 is 5.32 Å². The molecule has 1 rings (SSSR count). The lowest BCUT2D eigenvalue weighted by molar-refractivity contribution is -0.384. The Bertz CT molecular complexity index is 398. The van der Waals surface area contributed by atoms with Crippen molar-refractivity contribution in [2.24, 2.45) is 0 Å². The summed E-state index contributed by atoms with van der Waals surface area (Å²) in [6.45, 7) is 2.56. The Kier molecular flexibility index (Phi) is 5.18. The first kappa shape index (κ1) is 13.7. The number of methoxy groups -OCH3 is 1. The molecule has 1 aromatic carbocycles. The Morgan fingerprint density at radius 1 is 1.59 bits per heavy atom. The quantitative estimate of drug-likeness (QED) is 0.629. The van der Waals surface area contributed by atoms with E-state index in [1.807, 2.05) is 6.92 Å². The van der Waals surface area contributed by atoms with Crippen LogP contribution in [0.4, 0.5) is 11.4 Å². The summed E-state index contributed by atoms with van der Waals surface area (Å²) in [7, 11) is 1.62. The summed E-state index contributed by atoms with van der Waals surface area (Å²) in [5.41, 5.74) is 0.578. The average Bonchev–Trinajstić information content (AvgIpc) is 2.30. The van der Waals surface area contributed by atoms with Crippen LogP contribution in [-0.2, 0) is 4.74 Å². The number of anilines is 1. The van der Waals surface area contributed by atoms with Gasteiger partial charge in [-0.25, -0.2) is 0 Å². The average molecular weight is 259 g/mol. The summed E-state index contributed by atoms with van der Waals surface area (Å²) >= 11 is 5.73. The number of benzene rings is 1. The van der Waals surface area contributed by atoms with E-state index in [9.17, 15) is 10.1 Å². The van der Waals surface area contributed by atoms with Crippen molar-refractivity contribution in [2.45, 2.75) is 19.4 Å². The van der Waals surface area contributed by atoms with E-state index in [2.05, 4.69) is 5.32 Å². The molecule has 0 aliphatic carbocycles. The number of nitrogens with one attached hydrogen (secondary N) is 1. The van der Waals surface area contributed by atoms with Crippen LogP contribution in [0, 0.1) is 10.1 Å². The van der Waals surface area contributed by atoms with Crippen LogP contribution in [0.25, 0.3) is 0 Å². The molecule has 0 spiro atoms. The van der Waals surface area contributed by atoms with Crippen molar-refractivity contribution in [3.05, 3.63) is 33.3 Å². The van der Waals surface area contributed by atoms with Gasteiger partial charge < -0.3 is 10.1 Å². The zero-order chi connectivity index (χ0) is 12.8. The number of rotatable bonds is 6. The molecule has 0 aliphatic heterocycles. The van der Waals surface area contributed by atoms with Crippen LogP contribution in [0.15, 0.2) is 18.2 Å². The summed E-state index contributed by atoms with van der Waals surface area (Å²) in [4.78, 5) is 10.2. The molecule has 5 nitrogen and oxygen atoms in total. The predicted molar refractivity (Wildman–Crippen MR) is 67.7 cm³/mol. The zero-order valence-corrected chi connectivity index (χ0v) is 10.5. The molecule has 0 heterocycles. The van der Waals surface area contributed by atoms with Gasteiger partial charge in [-0.1, -0.05) is 18.5 Å². The third-order valence-corrected chi connectivity index (χ3v) is 2.69. The molecule has 0 saturated heterocycles. The largest absolute Gasteiger partial charge is 0.383 e. The number of halogens is 1. The molecule has 0 aromatic heterocycles. The first-order chi connectivity index (χ1) is 8.08. The molecule has 1 atom stereocenters. The van der Waals surface area contributed by atoms with Gasteiger partial charge in [-0.3, -0.25) is 10.1 Å². The van der Waals surface area contributed by atoms with Gasteiger partial charge >= 0.3 is 0 Å². The Morgan fingerprint density at radius 3 is 2.82 bits per heavy atom. The Morgan fingerprint density at radius 2 is 2.29 bits per heavy atom. The summed E-state index contributed by atoms with van der Waals surface area (Å²) in [6, 6.07) is 4.79. The van der Waals surface area contributed by atoms with Gasteiger partial charge in [0.25, 0.3) is 5.69 Å². The maximum atomic E-state index is 10.7. The first-order valence-electron chi connectivity index (χ1n) is 5.27. The fraction of sp³-hybridized carbons (Fsp3) is 0.455. The van der Waals surface area contributed by atoms with E-state index in [0.29, 0.717) is 12.3 Å². The Hall–Kier alpha value is -1.33. The monoisotopic (exact) mass is 258 g/mol. The fourth-order valence-corrected chi connectivity index (χ4v) is 1.63. The van der Waals surface area contributed by atoms with E-state index < -0.39 is 4.92 Å². The van der Waals surface area contributed by atoms with E-state index >= 15 is 0 Å². The number of nitro groups is 1. The minimum Gasteiger partial charge on any atom is -0.383 e. The predicted octanol–water partition coefficient (Wildman–Crippen LogP) is 3.09. The van der Waals surface area contributed by atoms with Crippen LogP contribution in [0.1, 0.15) is 13.3 Å². The van der Waals surface area contributed by atoms with E-state index in [0.717, 1.165) is 6.42 Å². The molecular formula is C11H15ClN2O3. The number of ether oxygens (including phenoxy) is 1. The summed E-state index contributed by atoms with van der Waals surface area (Å²) in [6.07, 6.45) is 0.865. The van der Waals surface area contributed by atoms with Crippen molar-refractivity contribution in [3.63, 3.8) is 0 Å². The van der Waals surface area contributed by atoms with Crippen LogP contribution in [0.2, 0.25) is 5.02 Å². The third-order valence-electron chi connectivity index (χ3n) is 2.37. The lowest BCUT2D eigenvalue weighted by Crippen LogP contribution is -2.23. The second-order valence-electron chi connectivity index (χ2n) is 3.63. The maximum absolute atomic E-state index is 10.7. The van der Waals surface area contributed by atoms with Gasteiger partial charge in [0.1, 0.15) is 5.02 Å². The van der Waals surface area contributed by atoms with E-state index in [-0.39, 0.29) is 16.8 Å². The van der Waals surface area contributed by atoms with Crippen molar-refractivity contribution in [3.8, 4) is 0 Å². The number of nitrogens with zero attached hydrogens (tertiary/aromatic N) is 1. The van der Waals surface area contributed by atoms with Gasteiger partial charge in [-0.15, -0.1) is 0 Å². The third kappa shape index (κ3) is 3.87. The van der Waals surface area contributed by atoms with Crippen LogP contribution in [-0.4, -0.2) is 24.7 Å². The van der Waals surface area contributed by atoms with Crippen molar-refractivity contribution < 1.29 is 9.66 Å². The first-order valence-corrected chi connectivity index (χ1v) is 5.65. The standard InChI is InChI=1S/C11H15ClN2O3/c1-3-8(7-17-2)13-9-4-5-10(12)11(6-9)14(15)16/h4-6,8,13H,3,7H2,1-2H3. The molecule has 0 fully saturated rings. The Labute approximate surface area is 105 Å². The van der Waals surface area contributed by atoms with E-state index in [1.54, 1.807) is 13.2 Å². The SMILES string of the molecule is CCC(COC)Nc1ccc(Cl)c([N+](=O)[O-])c1. The molecule has 0 aliphatic rings. The summed E-state index contributed by atoms with van der Waals surface area (Å²) in [5, 5.41) is 14.0. The second kappa shape index (κ2) is 6.42. The molecule has 0 radical (unpaired) electrons. The molecule has 6 heteroatoms. The summed E-state index contributed by atoms with van der Waals surface area (Å²) < 4.78 is 5.05. The molecule has 1 unspecified atom stereocenters. The lowest BCUT2D eigenvalue weighted by Gasteiger charge is -2.17. The van der Waals surface area contributed by atoms with Gasteiger partial charge in [0.2, 0.25) is 0 Å². The van der Waals surface area contributed by atoms with Crippen LogP contribution in [0.5, 0.6) is 0 Å². The van der Waals surface area contributed by atoms with Gasteiger partial charge in [-0.2, -0.15) is 0 Å². The fourth-order valence-electron chi connectivity index (χ4n) is 1.44. The maximum Gasteiger partial charge on any atom is 0.289 e. The van der Waals surface area contributed by atoms with Crippen molar-refractivity contribution in [1.29, 1.82) is 0 Å². The molecule has 1 aromatic rings. The number of nitro benzene ring substituents is 1. The summed E-state index contributed by atoms with van der Waals surface area (Å²) in [5.74, 6) is 0. The van der Waals surface area contributed by atoms with E-state index in [4.69, 9.17) is 16.3 Å². The molecular weight excluding hydrogens is 244 g/mol. The minimum atomic E-state index is -0.495. The highest BCUT2D eigenvalue weighted by Crippen LogP contribution is 2.27. The van der Waals surface area contributed by atoms with Gasteiger partial charge in [-0.05, 0) is 18.6 Å². The normalized spacial score (nSPS) is 12.2. The lowest BCUT2D eigenvalue weighted by atomic mass is 10.2. The zero-order valence-electron chi connectivity index (χ0n) is 9.77. The van der Waals surface area contributed by atoms with Crippen LogP contribution in [0.3, 0.4) is 0 Å². The molecule has 1 N–H and O–H groups in total. The van der Waals surface area contributed by atoms with Crippen molar-refractivity contribution >= 4 is 23.0 Å². The molecule has 0 saturated carbocycles. The van der Waals surface area contributed by atoms with Gasteiger partial charge in [0, 0.05) is 24.9 Å². The Balaban J connectivity index is 2.84. The highest BCUT2D eigenvalue weighted by atomic mass is 35.5. The highest BCUT2D eigenvalue weighted by Gasteiger charge is 2.14. The molecule has 94 valence electrons. The minimum absolute atomic E-state index is 0.0936. The van der Waals surface area contributed by atoms with E-state index in [1.165, 1.54) is 12.1 Å². The molecule has 17 heavy (non-hydrogen) atoms. The number of hydrogen-bond acceptors (Lipinski definition) is 4. The molecule has 0 amide bonds. The van der Waals surface area contributed by atoms with Crippen molar-refractivity contribution in [2.75, 3.05) is 19.0 Å². The second-order valence-corrected chi connectivity index (χ2v) is 4.04. The van der Waals surface area contributed by atoms with Crippen LogP contribution >= 0.6 is 11.6 Å². The topological polar surface area (TPSA) is 64.4 Å². The van der Waals surface area contributed by atoms with Gasteiger partial charge in [0.05, 0.1) is 11.5 Å². The van der Waals surface area contributed by atoms with Gasteiger partial charge in [0.15, 0.2) is 0 Å². The van der Waals surface area contributed by atoms with Crippen molar-refractivity contribution in [1.82, 2.24) is 0 Å². The number of hydrogen-bond donors (Lipinski definition) is 1. The smallest absolute Gasteiger partial charge is 0.289 e.